The molecule has 0 saturated heterocycles. The van der Waals surface area contributed by atoms with Gasteiger partial charge in [-0.25, -0.2) is 15.0 Å². The Morgan fingerprint density at radius 2 is 1.06 bits per heavy atom. The van der Waals surface area contributed by atoms with E-state index >= 15 is 0 Å². The molecule has 5 nitrogen and oxygen atoms in total. The number of thiophene rings is 1. The molecule has 0 unspecified atom stereocenters. The molecule has 14 aromatic rings. The molecule has 4 aromatic heterocycles. The molecule has 0 aliphatic heterocycles. The summed E-state index contributed by atoms with van der Waals surface area (Å²) in [5, 5.41) is 14.1. The molecule has 0 radical (unpaired) electrons. The van der Waals surface area contributed by atoms with Gasteiger partial charge in [-0.1, -0.05) is 133 Å². The van der Waals surface area contributed by atoms with Crippen molar-refractivity contribution >= 4 is 108 Å². The number of fused-ring (bicyclic) bond motifs is 14. The Morgan fingerprint density at radius 3 is 1.95 bits per heavy atom. The zero-order chi connectivity index (χ0) is 41.2. The van der Waals surface area contributed by atoms with E-state index in [4.69, 9.17) is 19.4 Å². The van der Waals surface area contributed by atoms with Crippen molar-refractivity contribution in [3.8, 4) is 39.9 Å². The molecule has 0 fully saturated rings. The molecule has 10 aromatic carbocycles. The standard InChI is InChI=1S/C57H32N4OS/c1-2-12-35(13-3-1)55-58-56(60-57(59-55)43-18-10-20-51-53(43)42-17-8-9-19-50(42)63-51)38-24-27-48-46(30-38)52-44-32-39(25-21-34(44)23-28-49(52)62-48)61-47-31-37-15-5-4-14-36(37)29-45(47)41-26-22-33-11-6-7-16-40(33)54(41)61/h1-32H. The molecule has 0 atom stereocenters. The zero-order valence-corrected chi connectivity index (χ0v) is 34.4. The molecule has 0 spiro atoms. The van der Waals surface area contributed by atoms with E-state index in [1.54, 1.807) is 11.3 Å². The van der Waals surface area contributed by atoms with Crippen molar-refractivity contribution in [2.45, 2.75) is 0 Å². The summed E-state index contributed by atoms with van der Waals surface area (Å²) in [6.45, 7) is 0. The predicted octanol–water partition coefficient (Wildman–Crippen LogP) is 15.7. The van der Waals surface area contributed by atoms with Gasteiger partial charge in [-0.3, -0.25) is 0 Å². The van der Waals surface area contributed by atoms with Crippen LogP contribution in [0.25, 0.3) is 136 Å². The topological polar surface area (TPSA) is 56.7 Å². The SMILES string of the molecule is c1ccc(-c2nc(-c3ccc4oc5ccc6ccc(-n7c8cc9ccccc9cc8c8ccc9ccccc9c87)cc6c5c4c3)nc(-c3cccc4sc5ccccc5c34)n2)cc1. The van der Waals surface area contributed by atoms with Crippen LogP contribution in [-0.4, -0.2) is 19.5 Å². The van der Waals surface area contributed by atoms with Crippen LogP contribution < -0.4 is 0 Å². The Labute approximate surface area is 363 Å². The fourth-order valence-corrected chi connectivity index (χ4v) is 11.0. The van der Waals surface area contributed by atoms with E-state index < -0.39 is 0 Å². The van der Waals surface area contributed by atoms with Crippen molar-refractivity contribution in [1.29, 1.82) is 0 Å². The third kappa shape index (κ3) is 5.19. The molecule has 0 bridgehead atoms. The highest BCUT2D eigenvalue weighted by molar-refractivity contribution is 7.25. The molecular formula is C57H32N4OS. The highest BCUT2D eigenvalue weighted by atomic mass is 32.1. The van der Waals surface area contributed by atoms with Gasteiger partial charge in [0, 0.05) is 69.5 Å². The lowest BCUT2D eigenvalue weighted by Crippen LogP contribution is -2.00. The minimum Gasteiger partial charge on any atom is -0.456 e. The van der Waals surface area contributed by atoms with Gasteiger partial charge in [-0.15, -0.1) is 11.3 Å². The molecule has 6 heteroatoms. The van der Waals surface area contributed by atoms with Gasteiger partial charge in [0.2, 0.25) is 0 Å². The van der Waals surface area contributed by atoms with Gasteiger partial charge in [0.05, 0.1) is 11.0 Å². The Morgan fingerprint density at radius 1 is 0.381 bits per heavy atom. The minimum absolute atomic E-state index is 0.608. The van der Waals surface area contributed by atoms with E-state index in [0.29, 0.717) is 17.5 Å². The fourth-order valence-electron chi connectivity index (χ4n) is 9.90. The summed E-state index contributed by atoms with van der Waals surface area (Å²) < 4.78 is 11.5. The largest absolute Gasteiger partial charge is 0.456 e. The molecule has 0 aliphatic carbocycles. The summed E-state index contributed by atoms with van der Waals surface area (Å²) in [5.74, 6) is 1.88. The Bertz CT molecular complexity index is 4220. The predicted molar refractivity (Wildman–Crippen MR) is 263 cm³/mol. The second kappa shape index (κ2) is 13.2. The normalized spacial score (nSPS) is 12.1. The summed E-state index contributed by atoms with van der Waals surface area (Å²) in [6, 6.07) is 69.2. The summed E-state index contributed by atoms with van der Waals surface area (Å²) in [6.07, 6.45) is 0. The maximum absolute atomic E-state index is 6.64. The molecule has 14 rings (SSSR count). The van der Waals surface area contributed by atoms with Gasteiger partial charge >= 0.3 is 0 Å². The van der Waals surface area contributed by atoms with Crippen LogP contribution in [0.4, 0.5) is 0 Å². The quantitative estimate of drug-likeness (QED) is 0.177. The summed E-state index contributed by atoms with van der Waals surface area (Å²) in [5.41, 5.74) is 7.94. The van der Waals surface area contributed by atoms with Crippen molar-refractivity contribution in [1.82, 2.24) is 19.5 Å². The van der Waals surface area contributed by atoms with Gasteiger partial charge in [-0.05, 0) is 87.6 Å². The summed E-state index contributed by atoms with van der Waals surface area (Å²) in [4.78, 5) is 15.6. The first-order valence-electron chi connectivity index (χ1n) is 21.2. The van der Waals surface area contributed by atoms with Crippen molar-refractivity contribution in [3.63, 3.8) is 0 Å². The van der Waals surface area contributed by atoms with Crippen LogP contribution in [0.2, 0.25) is 0 Å². The van der Waals surface area contributed by atoms with Gasteiger partial charge in [0.1, 0.15) is 11.2 Å². The average molecular weight is 821 g/mol. The molecule has 0 amide bonds. The van der Waals surface area contributed by atoms with E-state index in [9.17, 15) is 0 Å². The Kier molecular flexibility index (Phi) is 7.21. The maximum atomic E-state index is 6.64. The van der Waals surface area contributed by atoms with E-state index in [0.717, 1.165) is 60.5 Å². The molecule has 0 N–H and O–H groups in total. The Hall–Kier alpha value is -8.19. The average Bonchev–Trinajstić information content (AvgIpc) is 4.02. The molecule has 4 heterocycles. The first kappa shape index (κ1) is 34.5. The van der Waals surface area contributed by atoms with Gasteiger partial charge < -0.3 is 8.98 Å². The van der Waals surface area contributed by atoms with Crippen LogP contribution in [0.5, 0.6) is 0 Å². The van der Waals surface area contributed by atoms with Crippen LogP contribution in [0.3, 0.4) is 0 Å². The second-order valence-electron chi connectivity index (χ2n) is 16.3. The Balaban J connectivity index is 1.01. The van der Waals surface area contributed by atoms with E-state index in [1.165, 1.54) is 58.1 Å². The van der Waals surface area contributed by atoms with Gasteiger partial charge in [0.25, 0.3) is 0 Å². The lowest BCUT2D eigenvalue weighted by molar-refractivity contribution is 0.669. The smallest absolute Gasteiger partial charge is 0.164 e. The number of nitrogens with zero attached hydrogens (tertiary/aromatic N) is 4. The van der Waals surface area contributed by atoms with Crippen LogP contribution >= 0.6 is 11.3 Å². The summed E-state index contributed by atoms with van der Waals surface area (Å²) >= 11 is 1.79. The fraction of sp³-hybridized carbons (Fsp3) is 0. The number of aromatic nitrogens is 4. The lowest BCUT2D eigenvalue weighted by atomic mass is 10.0. The third-order valence-electron chi connectivity index (χ3n) is 12.8. The van der Waals surface area contributed by atoms with Gasteiger partial charge in [0.15, 0.2) is 17.5 Å². The first-order valence-corrected chi connectivity index (χ1v) is 22.0. The second-order valence-corrected chi connectivity index (χ2v) is 17.4. The van der Waals surface area contributed by atoms with Crippen LogP contribution in [-0.2, 0) is 0 Å². The van der Waals surface area contributed by atoms with E-state index in [2.05, 4.69) is 180 Å². The van der Waals surface area contributed by atoms with Crippen LogP contribution in [0.15, 0.2) is 199 Å². The number of rotatable bonds is 4. The molecular weight excluding hydrogens is 789 g/mol. The van der Waals surface area contributed by atoms with Crippen molar-refractivity contribution in [3.05, 3.63) is 194 Å². The molecule has 0 saturated carbocycles. The highest BCUT2D eigenvalue weighted by Crippen LogP contribution is 2.43. The number of hydrogen-bond acceptors (Lipinski definition) is 5. The number of benzene rings is 10. The monoisotopic (exact) mass is 820 g/mol. The van der Waals surface area contributed by atoms with E-state index in [1.807, 2.05) is 18.2 Å². The van der Waals surface area contributed by atoms with E-state index in [-0.39, 0.29) is 0 Å². The first-order chi connectivity index (χ1) is 31.2. The maximum Gasteiger partial charge on any atom is 0.164 e. The molecule has 0 aliphatic rings. The third-order valence-corrected chi connectivity index (χ3v) is 13.9. The molecule has 292 valence electrons. The zero-order valence-electron chi connectivity index (χ0n) is 33.6. The number of hydrogen-bond donors (Lipinski definition) is 0. The summed E-state index contributed by atoms with van der Waals surface area (Å²) in [7, 11) is 0. The van der Waals surface area contributed by atoms with Gasteiger partial charge in [-0.2, -0.15) is 0 Å². The van der Waals surface area contributed by atoms with Crippen molar-refractivity contribution in [2.75, 3.05) is 0 Å². The lowest BCUT2D eigenvalue weighted by Gasteiger charge is -2.12. The number of furan rings is 1. The highest BCUT2D eigenvalue weighted by Gasteiger charge is 2.21. The van der Waals surface area contributed by atoms with Crippen molar-refractivity contribution < 1.29 is 4.42 Å². The van der Waals surface area contributed by atoms with Crippen molar-refractivity contribution in [2.24, 2.45) is 0 Å². The minimum atomic E-state index is 0.608. The van der Waals surface area contributed by atoms with Crippen LogP contribution in [0, 0.1) is 0 Å². The van der Waals surface area contributed by atoms with Crippen LogP contribution in [0.1, 0.15) is 0 Å². The molecule has 63 heavy (non-hydrogen) atoms.